The van der Waals surface area contributed by atoms with Crippen molar-refractivity contribution in [3.8, 4) is 11.3 Å². The highest BCUT2D eigenvalue weighted by molar-refractivity contribution is 7.99. The van der Waals surface area contributed by atoms with E-state index < -0.39 is 0 Å². The van der Waals surface area contributed by atoms with Crippen LogP contribution in [0.25, 0.3) is 11.3 Å². The molecule has 1 unspecified atom stereocenters. The summed E-state index contributed by atoms with van der Waals surface area (Å²) < 4.78 is 0. The Hall–Kier alpha value is -1.28. The van der Waals surface area contributed by atoms with Crippen LogP contribution in [-0.4, -0.2) is 16.5 Å². The monoisotopic (exact) mass is 243 g/mol. The first-order valence-electron chi connectivity index (χ1n) is 5.82. The molecule has 2 heteroatoms. The maximum absolute atomic E-state index is 4.53. The van der Waals surface area contributed by atoms with Gasteiger partial charge in [0.05, 0.1) is 5.69 Å². The molecule has 1 aromatic heterocycles. The Labute approximate surface area is 107 Å². The summed E-state index contributed by atoms with van der Waals surface area (Å²) in [7, 11) is 0. The smallest absolute Gasteiger partial charge is 0.0702 e. The molecule has 0 N–H and O–H groups in total. The highest BCUT2D eigenvalue weighted by Gasteiger charge is 2.03. The SMILES string of the molecule is CSC(C)Cc1ccc(-c2ccccc2)nc1. The molecular formula is C15H17NS. The van der Waals surface area contributed by atoms with Gasteiger partial charge in [0.15, 0.2) is 0 Å². The van der Waals surface area contributed by atoms with E-state index in [2.05, 4.69) is 42.4 Å². The van der Waals surface area contributed by atoms with Crippen molar-refractivity contribution in [1.29, 1.82) is 0 Å². The van der Waals surface area contributed by atoms with E-state index in [9.17, 15) is 0 Å². The van der Waals surface area contributed by atoms with E-state index in [0.717, 1.165) is 12.1 Å². The molecule has 0 saturated carbocycles. The summed E-state index contributed by atoms with van der Waals surface area (Å²) in [6.45, 7) is 2.25. The Balaban J connectivity index is 2.13. The predicted molar refractivity (Wildman–Crippen MR) is 76.4 cm³/mol. The lowest BCUT2D eigenvalue weighted by molar-refractivity contribution is 0.937. The van der Waals surface area contributed by atoms with Gasteiger partial charge in [-0.15, -0.1) is 0 Å². The van der Waals surface area contributed by atoms with Crippen molar-refractivity contribution in [3.63, 3.8) is 0 Å². The van der Waals surface area contributed by atoms with Crippen LogP contribution in [0, 0.1) is 0 Å². The molecule has 0 spiro atoms. The normalized spacial score (nSPS) is 12.4. The molecule has 0 saturated heterocycles. The molecule has 0 aliphatic carbocycles. The Kier molecular flexibility index (Phi) is 4.21. The third kappa shape index (κ3) is 3.34. The van der Waals surface area contributed by atoms with E-state index in [-0.39, 0.29) is 0 Å². The Morgan fingerprint density at radius 2 is 1.88 bits per heavy atom. The van der Waals surface area contributed by atoms with Crippen LogP contribution in [-0.2, 0) is 6.42 Å². The molecule has 1 heterocycles. The van der Waals surface area contributed by atoms with Crippen molar-refractivity contribution in [1.82, 2.24) is 4.98 Å². The molecule has 0 radical (unpaired) electrons. The molecule has 0 fully saturated rings. The fourth-order valence-electron chi connectivity index (χ4n) is 1.74. The molecule has 0 aliphatic rings. The van der Waals surface area contributed by atoms with Gasteiger partial charge in [-0.25, -0.2) is 0 Å². The van der Waals surface area contributed by atoms with E-state index >= 15 is 0 Å². The lowest BCUT2D eigenvalue weighted by Crippen LogP contribution is -2.00. The first-order chi connectivity index (χ1) is 8.29. The number of pyridine rings is 1. The van der Waals surface area contributed by atoms with E-state index in [1.54, 1.807) is 0 Å². The fraction of sp³-hybridized carbons (Fsp3) is 0.267. The zero-order chi connectivity index (χ0) is 12.1. The second-order valence-electron chi connectivity index (χ2n) is 4.17. The van der Waals surface area contributed by atoms with Gasteiger partial charge in [0.1, 0.15) is 0 Å². The van der Waals surface area contributed by atoms with Crippen LogP contribution in [0.4, 0.5) is 0 Å². The second kappa shape index (κ2) is 5.87. The quantitative estimate of drug-likeness (QED) is 0.803. The summed E-state index contributed by atoms with van der Waals surface area (Å²) in [4.78, 5) is 4.53. The van der Waals surface area contributed by atoms with Crippen molar-refractivity contribution < 1.29 is 0 Å². The molecular weight excluding hydrogens is 226 g/mol. The molecule has 1 atom stereocenters. The van der Waals surface area contributed by atoms with Gasteiger partial charge < -0.3 is 0 Å². The number of thioether (sulfide) groups is 1. The van der Waals surface area contributed by atoms with Gasteiger partial charge >= 0.3 is 0 Å². The lowest BCUT2D eigenvalue weighted by atomic mass is 10.1. The first kappa shape index (κ1) is 12.2. The third-order valence-electron chi connectivity index (χ3n) is 2.82. The number of aromatic nitrogens is 1. The minimum absolute atomic E-state index is 0.652. The average molecular weight is 243 g/mol. The molecule has 2 rings (SSSR count). The summed E-state index contributed by atoms with van der Waals surface area (Å²) in [5.74, 6) is 0. The predicted octanol–water partition coefficient (Wildman–Crippen LogP) is 4.04. The van der Waals surface area contributed by atoms with Gasteiger partial charge in [-0.3, -0.25) is 4.98 Å². The van der Waals surface area contributed by atoms with Crippen LogP contribution < -0.4 is 0 Å². The molecule has 0 aliphatic heterocycles. The van der Waals surface area contributed by atoms with Crippen LogP contribution in [0.2, 0.25) is 0 Å². The number of nitrogens with zero attached hydrogens (tertiary/aromatic N) is 1. The van der Waals surface area contributed by atoms with Gasteiger partial charge in [-0.1, -0.05) is 43.3 Å². The van der Waals surface area contributed by atoms with Crippen molar-refractivity contribution in [2.24, 2.45) is 0 Å². The molecule has 0 amide bonds. The molecule has 88 valence electrons. The zero-order valence-electron chi connectivity index (χ0n) is 10.3. The highest BCUT2D eigenvalue weighted by Crippen LogP contribution is 2.18. The summed E-state index contributed by atoms with van der Waals surface area (Å²) in [5.41, 5.74) is 3.54. The Bertz CT molecular complexity index is 450. The van der Waals surface area contributed by atoms with Crippen molar-refractivity contribution >= 4 is 11.8 Å². The summed E-state index contributed by atoms with van der Waals surface area (Å²) >= 11 is 1.89. The summed E-state index contributed by atoms with van der Waals surface area (Å²) in [6, 6.07) is 14.6. The molecule has 0 bridgehead atoms. The van der Waals surface area contributed by atoms with E-state index in [0.29, 0.717) is 5.25 Å². The summed E-state index contributed by atoms with van der Waals surface area (Å²) in [5, 5.41) is 0.652. The average Bonchev–Trinajstić information content (AvgIpc) is 2.40. The zero-order valence-corrected chi connectivity index (χ0v) is 11.1. The van der Waals surface area contributed by atoms with Gasteiger partial charge in [0.25, 0.3) is 0 Å². The maximum atomic E-state index is 4.53. The maximum Gasteiger partial charge on any atom is 0.0702 e. The molecule has 1 aromatic carbocycles. The standard InChI is InChI=1S/C15H17NS/c1-12(17-2)10-13-8-9-15(16-11-13)14-6-4-3-5-7-14/h3-9,11-12H,10H2,1-2H3. The van der Waals surface area contributed by atoms with Crippen LogP contribution in [0.5, 0.6) is 0 Å². The number of rotatable bonds is 4. The van der Waals surface area contributed by atoms with Crippen molar-refractivity contribution in [3.05, 3.63) is 54.2 Å². The highest BCUT2D eigenvalue weighted by atomic mass is 32.2. The van der Waals surface area contributed by atoms with Gasteiger partial charge in [-0.05, 0) is 24.3 Å². The van der Waals surface area contributed by atoms with Gasteiger partial charge in [0.2, 0.25) is 0 Å². The van der Waals surface area contributed by atoms with E-state index in [4.69, 9.17) is 0 Å². The molecule has 2 aromatic rings. The first-order valence-corrected chi connectivity index (χ1v) is 7.11. The largest absolute Gasteiger partial charge is 0.256 e. The third-order valence-corrected chi connectivity index (χ3v) is 3.79. The second-order valence-corrected chi connectivity index (χ2v) is 5.44. The fourth-order valence-corrected chi connectivity index (χ4v) is 2.10. The van der Waals surface area contributed by atoms with Crippen LogP contribution in [0.3, 0.4) is 0 Å². The van der Waals surface area contributed by atoms with Crippen LogP contribution >= 0.6 is 11.8 Å². The number of hydrogen-bond donors (Lipinski definition) is 0. The van der Waals surface area contributed by atoms with E-state index in [1.807, 2.05) is 36.2 Å². The number of hydrogen-bond acceptors (Lipinski definition) is 2. The molecule has 1 nitrogen and oxygen atoms in total. The van der Waals surface area contributed by atoms with Crippen molar-refractivity contribution in [2.45, 2.75) is 18.6 Å². The minimum Gasteiger partial charge on any atom is -0.256 e. The molecule has 17 heavy (non-hydrogen) atoms. The van der Waals surface area contributed by atoms with Gasteiger partial charge in [0, 0.05) is 17.0 Å². The summed E-state index contributed by atoms with van der Waals surface area (Å²) in [6.07, 6.45) is 5.23. The van der Waals surface area contributed by atoms with Crippen molar-refractivity contribution in [2.75, 3.05) is 6.26 Å². The topological polar surface area (TPSA) is 12.9 Å². The van der Waals surface area contributed by atoms with E-state index in [1.165, 1.54) is 11.1 Å². The lowest BCUT2D eigenvalue weighted by Gasteiger charge is -2.08. The van der Waals surface area contributed by atoms with Crippen LogP contribution in [0.1, 0.15) is 12.5 Å². The number of benzene rings is 1. The minimum atomic E-state index is 0.652. The Morgan fingerprint density at radius 1 is 1.12 bits per heavy atom. The van der Waals surface area contributed by atoms with Crippen LogP contribution in [0.15, 0.2) is 48.7 Å². The van der Waals surface area contributed by atoms with Gasteiger partial charge in [-0.2, -0.15) is 11.8 Å². The Morgan fingerprint density at radius 3 is 2.47 bits per heavy atom.